The molecule has 0 atom stereocenters. The first-order valence-corrected chi connectivity index (χ1v) is 10.2. The molecule has 142 valence electrons. The lowest BCUT2D eigenvalue weighted by Gasteiger charge is -2.22. The van der Waals surface area contributed by atoms with Gasteiger partial charge in [0.2, 0.25) is 10.0 Å². The standard InChI is InChI=1S/C19H26N2O4S/c1-4-15-5-6-17-12-18(8-7-16(17)11-15)26(24,25)21(10-9-14(2)3)13-19(22)20-23/h5-8,11-12,14,23H,4,9-10,13H2,1-3H3,(H,20,22). The number of aryl methyl sites for hydroxylation is 1. The van der Waals surface area contributed by atoms with Gasteiger partial charge in [-0.3, -0.25) is 10.0 Å². The second-order valence-electron chi connectivity index (χ2n) is 6.75. The third-order valence-electron chi connectivity index (χ3n) is 4.32. The van der Waals surface area contributed by atoms with Gasteiger partial charge in [-0.1, -0.05) is 45.0 Å². The Labute approximate surface area is 154 Å². The summed E-state index contributed by atoms with van der Waals surface area (Å²) in [6.07, 6.45) is 1.53. The summed E-state index contributed by atoms with van der Waals surface area (Å²) in [6, 6.07) is 10.9. The smallest absolute Gasteiger partial charge is 0.258 e. The van der Waals surface area contributed by atoms with Crippen molar-refractivity contribution >= 4 is 26.7 Å². The van der Waals surface area contributed by atoms with E-state index in [1.807, 2.05) is 32.0 Å². The van der Waals surface area contributed by atoms with Crippen LogP contribution in [-0.2, 0) is 21.2 Å². The zero-order chi connectivity index (χ0) is 19.3. The number of hydroxylamine groups is 1. The topological polar surface area (TPSA) is 86.7 Å². The maximum Gasteiger partial charge on any atom is 0.258 e. The average Bonchev–Trinajstić information content (AvgIpc) is 2.63. The molecule has 6 nitrogen and oxygen atoms in total. The van der Waals surface area contributed by atoms with Gasteiger partial charge in [-0.25, -0.2) is 13.9 Å². The largest absolute Gasteiger partial charge is 0.289 e. The fourth-order valence-electron chi connectivity index (χ4n) is 2.68. The molecule has 0 heterocycles. The lowest BCUT2D eigenvalue weighted by molar-refractivity contribution is -0.129. The summed E-state index contributed by atoms with van der Waals surface area (Å²) in [5, 5.41) is 10.6. The maximum absolute atomic E-state index is 13.0. The van der Waals surface area contributed by atoms with E-state index in [1.165, 1.54) is 11.0 Å². The monoisotopic (exact) mass is 378 g/mol. The molecule has 0 unspecified atom stereocenters. The van der Waals surface area contributed by atoms with Gasteiger partial charge in [0.25, 0.3) is 5.91 Å². The lowest BCUT2D eigenvalue weighted by atomic mass is 10.1. The third kappa shape index (κ3) is 4.81. The van der Waals surface area contributed by atoms with Crippen LogP contribution in [0.1, 0.15) is 32.8 Å². The van der Waals surface area contributed by atoms with E-state index in [2.05, 4.69) is 6.92 Å². The third-order valence-corrected chi connectivity index (χ3v) is 6.16. The molecule has 0 spiro atoms. The molecule has 0 aliphatic rings. The van der Waals surface area contributed by atoms with Gasteiger partial charge < -0.3 is 0 Å². The van der Waals surface area contributed by atoms with Crippen molar-refractivity contribution in [1.29, 1.82) is 0 Å². The molecule has 0 aliphatic carbocycles. The fraction of sp³-hybridized carbons (Fsp3) is 0.421. The van der Waals surface area contributed by atoms with Gasteiger partial charge in [-0.05, 0) is 47.2 Å². The van der Waals surface area contributed by atoms with Crippen molar-refractivity contribution in [2.45, 2.75) is 38.5 Å². The van der Waals surface area contributed by atoms with Crippen LogP contribution in [0.4, 0.5) is 0 Å². The molecule has 2 aromatic rings. The Hall–Kier alpha value is -1.96. The van der Waals surface area contributed by atoms with Gasteiger partial charge in [-0.2, -0.15) is 4.31 Å². The SMILES string of the molecule is CCc1ccc2cc(S(=O)(=O)N(CCC(C)C)CC(=O)NO)ccc2c1. The van der Waals surface area contributed by atoms with Crippen molar-refractivity contribution in [1.82, 2.24) is 9.79 Å². The number of rotatable bonds is 8. The van der Waals surface area contributed by atoms with Gasteiger partial charge in [-0.15, -0.1) is 0 Å². The number of benzene rings is 2. The van der Waals surface area contributed by atoms with E-state index in [-0.39, 0.29) is 17.4 Å². The molecule has 2 N–H and O–H groups in total. The highest BCUT2D eigenvalue weighted by Crippen LogP contribution is 2.23. The van der Waals surface area contributed by atoms with Crippen molar-refractivity contribution < 1.29 is 18.4 Å². The van der Waals surface area contributed by atoms with Gasteiger partial charge in [0.15, 0.2) is 0 Å². The molecule has 0 fully saturated rings. The number of carbonyl (C=O) groups excluding carboxylic acids is 1. The van der Waals surface area contributed by atoms with Crippen LogP contribution < -0.4 is 5.48 Å². The fourth-order valence-corrected chi connectivity index (χ4v) is 4.13. The number of fused-ring (bicyclic) bond motifs is 1. The molecule has 7 heteroatoms. The molecular weight excluding hydrogens is 352 g/mol. The minimum Gasteiger partial charge on any atom is -0.289 e. The molecule has 0 radical (unpaired) electrons. The number of carbonyl (C=O) groups is 1. The molecule has 2 rings (SSSR count). The van der Waals surface area contributed by atoms with Crippen molar-refractivity contribution in [2.24, 2.45) is 5.92 Å². The zero-order valence-corrected chi connectivity index (χ0v) is 16.2. The Balaban J connectivity index is 2.39. The summed E-state index contributed by atoms with van der Waals surface area (Å²) >= 11 is 0. The van der Waals surface area contributed by atoms with Gasteiger partial charge in [0, 0.05) is 6.54 Å². The molecule has 0 aromatic heterocycles. The van der Waals surface area contributed by atoms with Gasteiger partial charge >= 0.3 is 0 Å². The molecule has 1 amide bonds. The Morgan fingerprint density at radius 2 is 1.81 bits per heavy atom. The quantitative estimate of drug-likeness (QED) is 0.546. The molecular formula is C19H26N2O4S. The van der Waals surface area contributed by atoms with Crippen LogP contribution in [0.3, 0.4) is 0 Å². The van der Waals surface area contributed by atoms with Crippen LogP contribution in [0.25, 0.3) is 10.8 Å². The average molecular weight is 378 g/mol. The van der Waals surface area contributed by atoms with Crippen LogP contribution in [0.5, 0.6) is 0 Å². The predicted molar refractivity (Wildman–Crippen MR) is 101 cm³/mol. The first-order valence-electron chi connectivity index (χ1n) is 8.73. The van der Waals surface area contributed by atoms with Gasteiger partial charge in [0.05, 0.1) is 11.4 Å². The number of amides is 1. The van der Waals surface area contributed by atoms with E-state index in [0.717, 1.165) is 21.5 Å². The van der Waals surface area contributed by atoms with E-state index in [4.69, 9.17) is 5.21 Å². The Bertz CT molecular complexity index is 878. The highest BCUT2D eigenvalue weighted by atomic mass is 32.2. The summed E-state index contributed by atoms with van der Waals surface area (Å²) in [7, 11) is -3.85. The Kier molecular flexibility index (Phi) is 6.75. The molecule has 2 aromatic carbocycles. The maximum atomic E-state index is 13.0. The zero-order valence-electron chi connectivity index (χ0n) is 15.4. The molecule has 0 saturated carbocycles. The van der Waals surface area contributed by atoms with Crippen LogP contribution in [-0.4, -0.2) is 36.9 Å². The minimum absolute atomic E-state index is 0.142. The second kappa shape index (κ2) is 8.62. The number of nitrogens with zero attached hydrogens (tertiary/aromatic N) is 1. The number of sulfonamides is 1. The van der Waals surface area contributed by atoms with E-state index >= 15 is 0 Å². The van der Waals surface area contributed by atoms with Crippen LogP contribution >= 0.6 is 0 Å². The number of hydrogen-bond donors (Lipinski definition) is 2. The lowest BCUT2D eigenvalue weighted by Crippen LogP contribution is -2.40. The van der Waals surface area contributed by atoms with Crippen molar-refractivity contribution in [3.63, 3.8) is 0 Å². The first-order chi connectivity index (χ1) is 12.3. The summed E-state index contributed by atoms with van der Waals surface area (Å²) in [4.78, 5) is 11.7. The number of hydrogen-bond acceptors (Lipinski definition) is 4. The normalized spacial score (nSPS) is 12.1. The van der Waals surface area contributed by atoms with E-state index in [1.54, 1.807) is 18.2 Å². The highest BCUT2D eigenvalue weighted by molar-refractivity contribution is 7.89. The van der Waals surface area contributed by atoms with E-state index < -0.39 is 22.5 Å². The molecule has 26 heavy (non-hydrogen) atoms. The first kappa shape index (κ1) is 20.4. The summed E-state index contributed by atoms with van der Waals surface area (Å²) in [6.45, 7) is 5.83. The number of nitrogens with one attached hydrogen (secondary N) is 1. The highest BCUT2D eigenvalue weighted by Gasteiger charge is 2.26. The second-order valence-corrected chi connectivity index (χ2v) is 8.69. The minimum atomic E-state index is -3.85. The Morgan fingerprint density at radius 1 is 1.15 bits per heavy atom. The summed E-state index contributed by atoms with van der Waals surface area (Å²) in [5.41, 5.74) is 2.69. The van der Waals surface area contributed by atoms with Crippen LogP contribution in [0.2, 0.25) is 0 Å². The van der Waals surface area contributed by atoms with Crippen molar-refractivity contribution in [3.8, 4) is 0 Å². The Morgan fingerprint density at radius 3 is 2.42 bits per heavy atom. The molecule has 0 aliphatic heterocycles. The van der Waals surface area contributed by atoms with Crippen LogP contribution in [0.15, 0.2) is 41.3 Å². The van der Waals surface area contributed by atoms with Gasteiger partial charge in [0.1, 0.15) is 0 Å². The van der Waals surface area contributed by atoms with Crippen LogP contribution in [0, 0.1) is 5.92 Å². The van der Waals surface area contributed by atoms with Crippen molar-refractivity contribution in [2.75, 3.05) is 13.1 Å². The van der Waals surface area contributed by atoms with E-state index in [0.29, 0.717) is 6.42 Å². The van der Waals surface area contributed by atoms with Crippen molar-refractivity contribution in [3.05, 3.63) is 42.0 Å². The predicted octanol–water partition coefficient (Wildman–Crippen LogP) is 2.94. The molecule has 0 bridgehead atoms. The summed E-state index contributed by atoms with van der Waals surface area (Å²) in [5.74, 6) is -0.473. The molecule has 0 saturated heterocycles. The summed E-state index contributed by atoms with van der Waals surface area (Å²) < 4.78 is 27.2. The van der Waals surface area contributed by atoms with E-state index in [9.17, 15) is 13.2 Å².